The zero-order valence-corrected chi connectivity index (χ0v) is 14.1. The van der Waals surface area contributed by atoms with Crippen molar-refractivity contribution < 1.29 is 9.53 Å². The Morgan fingerprint density at radius 1 is 1.30 bits per heavy atom. The molecule has 23 heavy (non-hydrogen) atoms. The van der Waals surface area contributed by atoms with E-state index in [9.17, 15) is 4.79 Å². The van der Waals surface area contributed by atoms with Gasteiger partial charge in [-0.25, -0.2) is 4.79 Å². The number of para-hydroxylation sites is 2. The van der Waals surface area contributed by atoms with Crippen LogP contribution >= 0.6 is 0 Å². The van der Waals surface area contributed by atoms with E-state index >= 15 is 0 Å². The van der Waals surface area contributed by atoms with Gasteiger partial charge in [-0.15, -0.1) is 0 Å². The molecule has 0 saturated carbocycles. The van der Waals surface area contributed by atoms with E-state index in [0.29, 0.717) is 18.0 Å². The number of aryl methyl sites for hydroxylation is 2. The summed E-state index contributed by atoms with van der Waals surface area (Å²) in [5, 5.41) is 10.2. The van der Waals surface area contributed by atoms with Gasteiger partial charge < -0.3 is 15.4 Å². The molecule has 6 heteroatoms. The zero-order chi connectivity index (χ0) is 16.8. The van der Waals surface area contributed by atoms with E-state index in [4.69, 9.17) is 4.74 Å². The Kier molecular flexibility index (Phi) is 5.62. The highest BCUT2D eigenvalue weighted by molar-refractivity contribution is 5.90. The van der Waals surface area contributed by atoms with Crippen LogP contribution in [0, 0.1) is 13.8 Å². The maximum atomic E-state index is 12.0. The maximum Gasteiger partial charge on any atom is 0.319 e. The third kappa shape index (κ3) is 4.03. The molecule has 2 amide bonds. The molecule has 0 atom stereocenters. The third-order valence-electron chi connectivity index (χ3n) is 3.85. The minimum Gasteiger partial charge on any atom is -0.495 e. The van der Waals surface area contributed by atoms with Crippen LogP contribution in [0.1, 0.15) is 23.9 Å². The summed E-state index contributed by atoms with van der Waals surface area (Å²) < 4.78 is 7.20. The Balaban J connectivity index is 1.89. The van der Waals surface area contributed by atoms with Crippen LogP contribution in [0.25, 0.3) is 0 Å². The average molecular weight is 316 g/mol. The fourth-order valence-corrected chi connectivity index (χ4v) is 2.62. The summed E-state index contributed by atoms with van der Waals surface area (Å²) >= 11 is 0. The number of carbonyl (C=O) groups excluding carboxylic acids is 1. The number of urea groups is 1. The highest BCUT2D eigenvalue weighted by atomic mass is 16.5. The van der Waals surface area contributed by atoms with Crippen molar-refractivity contribution in [2.75, 3.05) is 19.0 Å². The summed E-state index contributed by atoms with van der Waals surface area (Å²) in [5.74, 6) is 0.638. The summed E-state index contributed by atoms with van der Waals surface area (Å²) in [6.45, 7) is 7.55. The minimum absolute atomic E-state index is 0.243. The molecule has 1 heterocycles. The van der Waals surface area contributed by atoms with Gasteiger partial charge in [0.2, 0.25) is 0 Å². The molecule has 0 fully saturated rings. The molecule has 1 aromatic carbocycles. The fraction of sp³-hybridized carbons (Fsp3) is 0.412. The van der Waals surface area contributed by atoms with Crippen molar-refractivity contribution in [3.63, 3.8) is 0 Å². The van der Waals surface area contributed by atoms with Gasteiger partial charge in [-0.1, -0.05) is 12.1 Å². The first kappa shape index (κ1) is 16.9. The van der Waals surface area contributed by atoms with E-state index in [1.807, 2.05) is 29.8 Å². The smallest absolute Gasteiger partial charge is 0.319 e. The maximum absolute atomic E-state index is 12.0. The summed E-state index contributed by atoms with van der Waals surface area (Å²) in [6.07, 6.45) is 0.761. The van der Waals surface area contributed by atoms with Crippen molar-refractivity contribution in [1.82, 2.24) is 15.1 Å². The van der Waals surface area contributed by atoms with Crippen LogP contribution in [0.15, 0.2) is 24.3 Å². The number of hydrogen-bond acceptors (Lipinski definition) is 3. The molecular formula is C17H24N4O2. The molecule has 0 unspecified atom stereocenters. The third-order valence-corrected chi connectivity index (χ3v) is 3.85. The standard InChI is InChI=1S/C17H24N4O2/c1-5-21-13(3)14(12(2)20-21)10-11-18-17(22)19-15-8-6-7-9-16(15)23-4/h6-9H,5,10-11H2,1-4H3,(H2,18,19,22). The Hall–Kier alpha value is -2.50. The molecule has 0 aliphatic carbocycles. The molecular weight excluding hydrogens is 292 g/mol. The normalized spacial score (nSPS) is 10.4. The van der Waals surface area contributed by atoms with Crippen LogP contribution in [-0.4, -0.2) is 29.5 Å². The van der Waals surface area contributed by atoms with E-state index in [1.165, 1.54) is 5.56 Å². The number of methoxy groups -OCH3 is 1. The number of rotatable bonds is 6. The predicted molar refractivity (Wildman–Crippen MR) is 91.1 cm³/mol. The molecule has 124 valence electrons. The number of carbonyl (C=O) groups is 1. The van der Waals surface area contributed by atoms with E-state index in [1.54, 1.807) is 13.2 Å². The van der Waals surface area contributed by atoms with Gasteiger partial charge in [-0.05, 0) is 44.9 Å². The second kappa shape index (κ2) is 7.67. The first-order chi connectivity index (χ1) is 11.1. The molecule has 0 aliphatic heterocycles. The SMILES string of the molecule is CCn1nc(C)c(CCNC(=O)Nc2ccccc2OC)c1C. The topological polar surface area (TPSA) is 68.2 Å². The molecule has 2 N–H and O–H groups in total. The van der Waals surface area contributed by atoms with Gasteiger partial charge in [0.25, 0.3) is 0 Å². The Labute approximate surface area is 136 Å². The Morgan fingerprint density at radius 2 is 2.04 bits per heavy atom. The van der Waals surface area contributed by atoms with Crippen molar-refractivity contribution >= 4 is 11.7 Å². The summed E-state index contributed by atoms with van der Waals surface area (Å²) in [6, 6.07) is 7.08. The highest BCUT2D eigenvalue weighted by Crippen LogP contribution is 2.22. The zero-order valence-electron chi connectivity index (χ0n) is 14.1. The number of hydrogen-bond donors (Lipinski definition) is 2. The van der Waals surface area contributed by atoms with E-state index in [-0.39, 0.29) is 6.03 Å². The largest absolute Gasteiger partial charge is 0.495 e. The van der Waals surface area contributed by atoms with Gasteiger partial charge in [0, 0.05) is 18.8 Å². The van der Waals surface area contributed by atoms with Gasteiger partial charge in [0.05, 0.1) is 18.5 Å². The van der Waals surface area contributed by atoms with E-state index < -0.39 is 0 Å². The van der Waals surface area contributed by atoms with E-state index in [2.05, 4.69) is 29.6 Å². The second-order valence-corrected chi connectivity index (χ2v) is 5.30. The molecule has 0 spiro atoms. The summed E-state index contributed by atoms with van der Waals surface area (Å²) in [7, 11) is 1.58. The molecule has 2 rings (SSSR count). The van der Waals surface area contributed by atoms with Crippen molar-refractivity contribution in [3.8, 4) is 5.75 Å². The number of anilines is 1. The first-order valence-electron chi connectivity index (χ1n) is 7.77. The quantitative estimate of drug-likeness (QED) is 0.861. The molecule has 6 nitrogen and oxygen atoms in total. The number of aromatic nitrogens is 2. The lowest BCUT2D eigenvalue weighted by molar-refractivity contribution is 0.252. The molecule has 0 radical (unpaired) electrons. The molecule has 0 bridgehead atoms. The molecule has 0 saturated heterocycles. The van der Waals surface area contributed by atoms with Crippen molar-refractivity contribution in [1.29, 1.82) is 0 Å². The monoisotopic (exact) mass is 316 g/mol. The van der Waals surface area contributed by atoms with Gasteiger partial charge >= 0.3 is 6.03 Å². The lowest BCUT2D eigenvalue weighted by atomic mass is 10.1. The summed E-state index contributed by atoms with van der Waals surface area (Å²) in [5.41, 5.74) is 4.04. The highest BCUT2D eigenvalue weighted by Gasteiger charge is 2.11. The number of benzene rings is 1. The fourth-order valence-electron chi connectivity index (χ4n) is 2.62. The van der Waals surface area contributed by atoms with Crippen LogP contribution in [-0.2, 0) is 13.0 Å². The molecule has 0 aliphatic rings. The summed E-state index contributed by atoms with van der Waals surface area (Å²) in [4.78, 5) is 12.0. The van der Waals surface area contributed by atoms with Gasteiger partial charge in [-0.3, -0.25) is 4.68 Å². The minimum atomic E-state index is -0.243. The molecule has 2 aromatic rings. The van der Waals surface area contributed by atoms with Crippen molar-refractivity contribution in [2.24, 2.45) is 0 Å². The predicted octanol–water partition coefficient (Wildman–Crippen LogP) is 2.89. The van der Waals surface area contributed by atoms with Gasteiger partial charge in [0.15, 0.2) is 0 Å². The Morgan fingerprint density at radius 3 is 2.70 bits per heavy atom. The average Bonchev–Trinajstić information content (AvgIpc) is 2.82. The Bertz CT molecular complexity index is 679. The lowest BCUT2D eigenvalue weighted by Crippen LogP contribution is -2.30. The van der Waals surface area contributed by atoms with Crippen LogP contribution in [0.4, 0.5) is 10.5 Å². The first-order valence-corrected chi connectivity index (χ1v) is 7.77. The van der Waals surface area contributed by atoms with Crippen molar-refractivity contribution in [3.05, 3.63) is 41.2 Å². The number of amides is 2. The number of ether oxygens (including phenoxy) is 1. The van der Waals surface area contributed by atoms with Gasteiger partial charge in [-0.2, -0.15) is 5.10 Å². The number of nitrogens with zero attached hydrogens (tertiary/aromatic N) is 2. The number of nitrogens with one attached hydrogen (secondary N) is 2. The van der Waals surface area contributed by atoms with Crippen LogP contribution < -0.4 is 15.4 Å². The second-order valence-electron chi connectivity index (χ2n) is 5.30. The molecule has 1 aromatic heterocycles. The van der Waals surface area contributed by atoms with Crippen LogP contribution in [0.3, 0.4) is 0 Å². The van der Waals surface area contributed by atoms with Crippen LogP contribution in [0.5, 0.6) is 5.75 Å². The van der Waals surface area contributed by atoms with Crippen LogP contribution in [0.2, 0.25) is 0 Å². The van der Waals surface area contributed by atoms with Crippen molar-refractivity contribution in [2.45, 2.75) is 33.7 Å². The van der Waals surface area contributed by atoms with Gasteiger partial charge in [0.1, 0.15) is 5.75 Å². The lowest BCUT2D eigenvalue weighted by Gasteiger charge is -2.11. The van der Waals surface area contributed by atoms with E-state index in [0.717, 1.165) is 24.4 Å².